The molecule has 0 bridgehead atoms. The number of hydrogen-bond acceptors (Lipinski definition) is 3. The zero-order valence-electron chi connectivity index (χ0n) is 46.7. The van der Waals surface area contributed by atoms with Gasteiger partial charge in [-0.2, -0.15) is 0 Å². The van der Waals surface area contributed by atoms with Gasteiger partial charge in [-0.3, -0.25) is 9.55 Å². The number of aromatic hydroxyl groups is 1. The Morgan fingerprint density at radius 3 is 2.16 bits per heavy atom. The van der Waals surface area contributed by atoms with Crippen molar-refractivity contribution in [2.24, 2.45) is 5.92 Å². The molecule has 8 aromatic rings. The van der Waals surface area contributed by atoms with Crippen molar-refractivity contribution >= 4 is 11.0 Å². The Balaban J connectivity index is 0.00000760. The smallest absolute Gasteiger partial charge is 0.148 e. The Morgan fingerprint density at radius 1 is 0.742 bits per heavy atom. The average Bonchev–Trinajstić information content (AvgIpc) is 3.69. The minimum atomic E-state index is -2.97. The van der Waals surface area contributed by atoms with Crippen LogP contribution in [0, 0.1) is 18.8 Å². The number of hydrogen-bond donors (Lipinski definition) is 1. The average molecular weight is 1010 g/mol. The van der Waals surface area contributed by atoms with Crippen LogP contribution in [0.2, 0.25) is 0 Å². The number of phenols is 1. The fourth-order valence-corrected chi connectivity index (χ4v) is 7.87. The van der Waals surface area contributed by atoms with Gasteiger partial charge in [-0.05, 0) is 100 Å². The Hall–Kier alpha value is -5.57. The maximum absolute atomic E-state index is 12.3. The molecule has 0 amide bonds. The van der Waals surface area contributed by atoms with Crippen LogP contribution in [0.1, 0.15) is 116 Å². The summed E-state index contributed by atoms with van der Waals surface area (Å²) in [6.07, 6.45) is 0.297. The summed E-state index contributed by atoms with van der Waals surface area (Å²) >= 11 is 0. The first-order chi connectivity index (χ1) is 33.3. The number of rotatable bonds is 10. The number of para-hydroxylation sites is 1. The molecule has 5 heteroatoms. The molecular formula is C57H58N3OPt-. The van der Waals surface area contributed by atoms with E-state index in [9.17, 15) is 6.48 Å². The van der Waals surface area contributed by atoms with Gasteiger partial charge in [-0.25, -0.2) is 4.98 Å². The molecule has 0 fully saturated rings. The SMILES string of the molecule is [2H]c1nc(-c2[c-]c(-c3cccc4c3nc(-c3cc(C(C)C)cc(C(C)C)c3O)n4-c3ccc(CC(C)C)cc3-c3ccccc3)cc(C(C)(C)C)c2)c([2H])c(-c2c([2H])c([2H])c(C([2H])([2H])[2H])c([2H])c2[2H])c1[2H].[Pt]. The molecular weight excluding hydrogens is 938 g/mol. The first-order valence-corrected chi connectivity index (χ1v) is 21.0. The fourth-order valence-electron chi connectivity index (χ4n) is 7.87. The molecule has 62 heavy (non-hydrogen) atoms. The number of imidazole rings is 1. The van der Waals surface area contributed by atoms with Crippen molar-refractivity contribution in [3.8, 4) is 67.5 Å². The maximum atomic E-state index is 12.3. The Bertz CT molecular complexity index is 3360. The van der Waals surface area contributed by atoms with E-state index in [1.807, 2.05) is 69.3 Å². The second-order valence-electron chi connectivity index (χ2n) is 18.0. The number of fused-ring (bicyclic) bond motifs is 1. The number of phenolic OH excluding ortho intramolecular Hbond substituents is 1. The second kappa shape index (κ2) is 18.0. The van der Waals surface area contributed by atoms with Gasteiger partial charge in [0.05, 0.1) is 31.9 Å². The van der Waals surface area contributed by atoms with Crippen LogP contribution < -0.4 is 0 Å². The normalized spacial score (nSPS) is 14.3. The van der Waals surface area contributed by atoms with Gasteiger partial charge in [0.15, 0.2) is 0 Å². The molecule has 0 aliphatic carbocycles. The third-order valence-corrected chi connectivity index (χ3v) is 11.2. The third kappa shape index (κ3) is 8.99. The van der Waals surface area contributed by atoms with Crippen LogP contribution in [0.15, 0.2) is 133 Å². The van der Waals surface area contributed by atoms with Crippen molar-refractivity contribution in [1.82, 2.24) is 14.5 Å². The van der Waals surface area contributed by atoms with E-state index in [0.717, 1.165) is 45.4 Å². The molecule has 318 valence electrons. The van der Waals surface area contributed by atoms with Crippen LogP contribution >= 0.6 is 0 Å². The molecule has 0 unspecified atom stereocenters. The molecule has 0 aliphatic heterocycles. The van der Waals surface area contributed by atoms with Gasteiger partial charge in [-0.15, -0.1) is 29.3 Å². The van der Waals surface area contributed by atoms with Crippen molar-refractivity contribution in [2.45, 2.75) is 92.8 Å². The van der Waals surface area contributed by atoms with Gasteiger partial charge < -0.3 is 5.11 Å². The fraction of sp³-hybridized carbons (Fsp3) is 0.263. The molecule has 0 atom stereocenters. The molecule has 2 heterocycles. The number of benzene rings is 6. The standard InChI is InChI=1S/C57H58N3O.Pt/c1-35(2)27-39-21-24-52(49(28-39)41-15-12-11-13-16-41)60-53-18-14-17-47(54(53)59-56(60)50-33-43(36(3)4)32-48(37(5)6)55(50)61)44-29-45(31-46(30-44)57(8,9)10)51-34-42(25-26-58-51)40-22-19-38(7)20-23-40;/h11-26,28,30-37,61H,27H2,1-10H3;/q-1;/i7D3,19D,20D,22D,23D,25D,26D,34D;. The Morgan fingerprint density at radius 2 is 1.48 bits per heavy atom. The molecule has 0 saturated carbocycles. The zero-order chi connectivity index (χ0) is 51.8. The summed E-state index contributed by atoms with van der Waals surface area (Å²) < 4.78 is 88.2. The maximum Gasteiger partial charge on any atom is 0.148 e. The minimum Gasteiger partial charge on any atom is -0.507 e. The topological polar surface area (TPSA) is 50.9 Å². The molecule has 2 aromatic heterocycles. The number of aromatic nitrogens is 3. The van der Waals surface area contributed by atoms with E-state index >= 15 is 0 Å². The van der Waals surface area contributed by atoms with E-state index < -0.39 is 65.8 Å². The molecule has 8 rings (SSSR count). The van der Waals surface area contributed by atoms with E-state index in [1.54, 1.807) is 6.07 Å². The van der Waals surface area contributed by atoms with E-state index in [1.165, 1.54) is 5.56 Å². The molecule has 1 N–H and O–H groups in total. The Labute approximate surface area is 397 Å². The van der Waals surface area contributed by atoms with Gasteiger partial charge in [0.1, 0.15) is 11.6 Å². The Kier molecular flexibility index (Phi) is 9.61. The van der Waals surface area contributed by atoms with Gasteiger partial charge >= 0.3 is 0 Å². The molecule has 0 spiro atoms. The predicted octanol–water partition coefficient (Wildman–Crippen LogP) is 15.3. The summed E-state index contributed by atoms with van der Waals surface area (Å²) in [5, 5.41) is 12.3. The second-order valence-corrected chi connectivity index (χ2v) is 18.0. The van der Waals surface area contributed by atoms with Crippen molar-refractivity contribution in [1.29, 1.82) is 0 Å². The number of nitrogens with zero attached hydrogens (tertiary/aromatic N) is 3. The summed E-state index contributed by atoms with van der Waals surface area (Å²) in [6, 6.07) is 29.9. The van der Waals surface area contributed by atoms with Crippen molar-refractivity contribution in [3.05, 3.63) is 167 Å². The molecule has 0 radical (unpaired) electrons. The third-order valence-electron chi connectivity index (χ3n) is 11.2. The first kappa shape index (κ1) is 33.0. The van der Waals surface area contributed by atoms with Gasteiger partial charge in [-0.1, -0.05) is 164 Å². The van der Waals surface area contributed by atoms with E-state index in [2.05, 4.69) is 93.6 Å². The van der Waals surface area contributed by atoms with Crippen LogP contribution in [0.25, 0.3) is 72.7 Å². The number of pyridine rings is 1. The van der Waals surface area contributed by atoms with Crippen LogP contribution in [-0.4, -0.2) is 19.6 Å². The van der Waals surface area contributed by atoms with Crippen LogP contribution in [0.4, 0.5) is 0 Å². The van der Waals surface area contributed by atoms with E-state index in [0.29, 0.717) is 33.9 Å². The zero-order valence-corrected chi connectivity index (χ0v) is 39.0. The quantitative estimate of drug-likeness (QED) is 0.139. The summed E-state index contributed by atoms with van der Waals surface area (Å²) in [5.41, 5.74) is 7.98. The van der Waals surface area contributed by atoms with Gasteiger partial charge in [0, 0.05) is 42.6 Å². The van der Waals surface area contributed by atoms with Crippen LogP contribution in [-0.2, 0) is 32.9 Å². The van der Waals surface area contributed by atoms with Crippen LogP contribution in [0.5, 0.6) is 5.75 Å². The molecule has 4 nitrogen and oxygen atoms in total. The van der Waals surface area contributed by atoms with Crippen molar-refractivity contribution in [3.63, 3.8) is 0 Å². The van der Waals surface area contributed by atoms with E-state index in [4.69, 9.17) is 17.3 Å². The summed E-state index contributed by atoms with van der Waals surface area (Å²) in [4.78, 5) is 9.94. The van der Waals surface area contributed by atoms with Crippen molar-refractivity contribution < 1.29 is 39.9 Å². The first-order valence-electron chi connectivity index (χ1n) is 26.0. The largest absolute Gasteiger partial charge is 0.507 e. The monoisotopic (exact) mass is 1010 g/mol. The van der Waals surface area contributed by atoms with Crippen LogP contribution in [0.3, 0.4) is 0 Å². The summed E-state index contributed by atoms with van der Waals surface area (Å²) in [7, 11) is 0. The van der Waals surface area contributed by atoms with Crippen molar-refractivity contribution in [2.75, 3.05) is 0 Å². The minimum absolute atomic E-state index is 0. The summed E-state index contributed by atoms with van der Waals surface area (Å²) in [5.74, 6) is 1.25. The molecule has 6 aromatic carbocycles. The predicted molar refractivity (Wildman–Crippen MR) is 257 cm³/mol. The van der Waals surface area contributed by atoms with Gasteiger partial charge in [0.25, 0.3) is 0 Å². The molecule has 0 aliphatic rings. The molecule has 0 saturated heterocycles. The van der Waals surface area contributed by atoms with Gasteiger partial charge in [0.2, 0.25) is 0 Å². The van der Waals surface area contributed by atoms with E-state index in [-0.39, 0.29) is 55.5 Å². The summed E-state index contributed by atoms with van der Waals surface area (Å²) in [6.45, 7) is 15.9.